The first-order valence-electron chi connectivity index (χ1n) is 8.88. The Kier molecular flexibility index (Phi) is 3.80. The van der Waals surface area contributed by atoms with E-state index in [1.54, 1.807) is 17.5 Å². The molecule has 8 nitrogen and oxygen atoms in total. The summed E-state index contributed by atoms with van der Waals surface area (Å²) < 4.78 is 11.3. The Morgan fingerprint density at radius 2 is 1.93 bits per heavy atom. The molecule has 0 amide bonds. The van der Waals surface area contributed by atoms with E-state index in [2.05, 4.69) is 14.9 Å². The summed E-state index contributed by atoms with van der Waals surface area (Å²) in [7, 11) is 0. The number of ether oxygens (including phenoxy) is 2. The summed E-state index contributed by atoms with van der Waals surface area (Å²) in [5, 5.41) is 2.02. The third-order valence-electron chi connectivity index (χ3n) is 5.25. The third-order valence-corrected chi connectivity index (χ3v) is 6.16. The van der Waals surface area contributed by atoms with Gasteiger partial charge in [-0.2, -0.15) is 0 Å². The van der Waals surface area contributed by atoms with Gasteiger partial charge < -0.3 is 19.4 Å². The summed E-state index contributed by atoms with van der Waals surface area (Å²) in [4.78, 5) is 37.2. The molecule has 4 aliphatic heterocycles. The smallest absolute Gasteiger partial charge is 0.339 e. The predicted molar refractivity (Wildman–Crippen MR) is 97.9 cm³/mol. The minimum absolute atomic E-state index is 0.216. The monoisotopic (exact) mass is 386 g/mol. The lowest BCUT2D eigenvalue weighted by Crippen LogP contribution is -2.58. The van der Waals surface area contributed by atoms with E-state index in [1.807, 2.05) is 22.4 Å². The number of piperidine rings is 1. The second-order valence-electron chi connectivity index (χ2n) is 6.83. The number of nitrogens with zero attached hydrogens (tertiary/aromatic N) is 3. The highest BCUT2D eigenvalue weighted by Crippen LogP contribution is 2.36. The fraction of sp³-hybridized carbons (Fsp3) is 0.389. The van der Waals surface area contributed by atoms with Crippen LogP contribution < -0.4 is 4.90 Å². The molecule has 1 N–H and O–H groups in total. The van der Waals surface area contributed by atoms with E-state index in [1.165, 1.54) is 0 Å². The second-order valence-corrected chi connectivity index (χ2v) is 7.78. The van der Waals surface area contributed by atoms with Crippen molar-refractivity contribution in [3.05, 3.63) is 35.9 Å². The number of anilines is 1. The van der Waals surface area contributed by atoms with Crippen molar-refractivity contribution in [2.45, 2.75) is 24.8 Å². The number of thiophene rings is 1. The molecular weight excluding hydrogens is 368 g/mol. The third kappa shape index (κ3) is 2.83. The van der Waals surface area contributed by atoms with Crippen LogP contribution in [0.3, 0.4) is 0 Å². The van der Waals surface area contributed by atoms with E-state index in [4.69, 9.17) is 9.47 Å². The van der Waals surface area contributed by atoms with Crippen LogP contribution in [0.5, 0.6) is 0 Å². The van der Waals surface area contributed by atoms with Crippen LogP contribution in [0.4, 0.5) is 5.95 Å². The van der Waals surface area contributed by atoms with Gasteiger partial charge in [0.15, 0.2) is 0 Å². The van der Waals surface area contributed by atoms with E-state index in [0.717, 1.165) is 35.6 Å². The quantitative estimate of drug-likeness (QED) is 0.787. The fourth-order valence-electron chi connectivity index (χ4n) is 3.96. The van der Waals surface area contributed by atoms with Crippen LogP contribution in [0.2, 0.25) is 0 Å². The van der Waals surface area contributed by atoms with Crippen molar-refractivity contribution in [2.24, 2.45) is 0 Å². The van der Waals surface area contributed by atoms with Gasteiger partial charge in [0, 0.05) is 31.3 Å². The molecule has 4 aliphatic rings. The standard InChI is InChI=1S/C18H18N4O4S/c23-15-3-4-16(24)26-18(25-15)11-22(12-5-7-21(18)8-6-12)17-19-10-13(20-17)14-2-1-9-27-14/h1-4,9-10,12H,5-8,11H2,(H,19,20). The largest absolute Gasteiger partial charge is 0.403 e. The molecule has 0 radical (unpaired) electrons. The van der Waals surface area contributed by atoms with Crippen molar-refractivity contribution >= 4 is 29.2 Å². The Labute approximate surface area is 159 Å². The topological polar surface area (TPSA) is 87.8 Å². The number of esters is 2. The fourth-order valence-corrected chi connectivity index (χ4v) is 4.65. The molecule has 0 unspecified atom stereocenters. The lowest BCUT2D eigenvalue weighted by atomic mass is 10.1. The van der Waals surface area contributed by atoms with Gasteiger partial charge in [-0.3, -0.25) is 0 Å². The molecule has 3 fully saturated rings. The maximum atomic E-state index is 12.1. The Bertz CT molecular complexity index is 878. The number of aromatic nitrogens is 2. The molecule has 9 heteroatoms. The highest BCUT2D eigenvalue weighted by atomic mass is 32.1. The minimum atomic E-state index is -1.43. The van der Waals surface area contributed by atoms with Gasteiger partial charge in [0.2, 0.25) is 5.95 Å². The number of carbonyl (C=O) groups is 2. The average Bonchev–Trinajstić information content (AvgIpc) is 3.29. The second kappa shape index (κ2) is 6.21. The maximum Gasteiger partial charge on any atom is 0.339 e. The summed E-state index contributed by atoms with van der Waals surface area (Å²) in [5.74, 6) is -1.90. The van der Waals surface area contributed by atoms with E-state index in [-0.39, 0.29) is 12.6 Å². The van der Waals surface area contributed by atoms with Crippen molar-refractivity contribution in [1.29, 1.82) is 0 Å². The molecule has 0 aliphatic carbocycles. The normalized spacial score (nSPS) is 26.6. The molecule has 27 heavy (non-hydrogen) atoms. The van der Waals surface area contributed by atoms with Gasteiger partial charge in [-0.15, -0.1) is 11.3 Å². The summed E-state index contributed by atoms with van der Waals surface area (Å²) in [6, 6.07) is 4.26. The van der Waals surface area contributed by atoms with Gasteiger partial charge in [-0.1, -0.05) is 6.07 Å². The van der Waals surface area contributed by atoms with Crippen LogP contribution >= 0.6 is 11.3 Å². The summed E-state index contributed by atoms with van der Waals surface area (Å²) in [6.45, 7) is 1.58. The minimum Gasteiger partial charge on any atom is -0.403 e. The van der Waals surface area contributed by atoms with Gasteiger partial charge in [0.25, 0.3) is 0 Å². The number of hydrogen-bond acceptors (Lipinski definition) is 8. The zero-order valence-corrected chi connectivity index (χ0v) is 15.3. The number of rotatable bonds is 2. The zero-order valence-electron chi connectivity index (χ0n) is 14.5. The summed E-state index contributed by atoms with van der Waals surface area (Å²) in [6.07, 6.45) is 5.78. The molecular formula is C18H18N4O4S. The Balaban J connectivity index is 1.51. The molecule has 2 aromatic heterocycles. The van der Waals surface area contributed by atoms with Gasteiger partial charge >= 0.3 is 17.8 Å². The molecule has 2 aromatic rings. The Hall–Kier alpha value is -2.65. The molecule has 3 saturated heterocycles. The van der Waals surface area contributed by atoms with Crippen LogP contribution in [-0.4, -0.2) is 58.4 Å². The van der Waals surface area contributed by atoms with Crippen molar-refractivity contribution < 1.29 is 19.1 Å². The van der Waals surface area contributed by atoms with Gasteiger partial charge in [-0.05, 0) is 24.3 Å². The van der Waals surface area contributed by atoms with Crippen molar-refractivity contribution in [3.8, 4) is 10.6 Å². The highest BCUT2D eigenvalue weighted by molar-refractivity contribution is 7.13. The highest BCUT2D eigenvalue weighted by Gasteiger charge is 2.53. The zero-order chi connectivity index (χ0) is 18.4. The first-order chi connectivity index (χ1) is 13.1. The maximum absolute atomic E-state index is 12.1. The molecule has 1 spiro atoms. The molecule has 0 atom stereocenters. The van der Waals surface area contributed by atoms with E-state index in [0.29, 0.717) is 19.0 Å². The number of carbonyl (C=O) groups excluding carboxylic acids is 2. The van der Waals surface area contributed by atoms with E-state index >= 15 is 0 Å². The van der Waals surface area contributed by atoms with E-state index in [9.17, 15) is 9.59 Å². The number of hydrogen-bond donors (Lipinski definition) is 1. The number of imidazole rings is 1. The van der Waals surface area contributed by atoms with Crippen LogP contribution in [0.15, 0.2) is 35.9 Å². The van der Waals surface area contributed by atoms with Crippen LogP contribution in [-0.2, 0) is 19.1 Å². The molecule has 6 heterocycles. The van der Waals surface area contributed by atoms with Gasteiger partial charge in [0.05, 0.1) is 16.8 Å². The molecule has 6 rings (SSSR count). The molecule has 140 valence electrons. The van der Waals surface area contributed by atoms with Gasteiger partial charge in [0.1, 0.15) is 6.54 Å². The summed E-state index contributed by atoms with van der Waals surface area (Å²) >= 11 is 1.63. The average molecular weight is 386 g/mol. The predicted octanol–water partition coefficient (Wildman–Crippen LogP) is 1.73. The Morgan fingerprint density at radius 1 is 1.19 bits per heavy atom. The molecule has 0 saturated carbocycles. The number of aromatic amines is 1. The van der Waals surface area contributed by atoms with Crippen molar-refractivity contribution in [2.75, 3.05) is 24.5 Å². The molecule has 0 aromatic carbocycles. The lowest BCUT2D eigenvalue weighted by molar-refractivity contribution is -0.274. The Morgan fingerprint density at radius 3 is 2.59 bits per heavy atom. The van der Waals surface area contributed by atoms with E-state index < -0.39 is 17.8 Å². The van der Waals surface area contributed by atoms with Gasteiger partial charge in [-0.25, -0.2) is 19.5 Å². The molecule has 2 bridgehead atoms. The number of H-pyrrole nitrogens is 1. The lowest BCUT2D eigenvalue weighted by Gasteiger charge is -2.39. The van der Waals surface area contributed by atoms with Crippen LogP contribution in [0.25, 0.3) is 10.6 Å². The summed E-state index contributed by atoms with van der Waals surface area (Å²) in [5.41, 5.74) is 0.935. The van der Waals surface area contributed by atoms with Crippen molar-refractivity contribution in [3.63, 3.8) is 0 Å². The van der Waals surface area contributed by atoms with Crippen molar-refractivity contribution in [1.82, 2.24) is 14.9 Å². The first kappa shape index (κ1) is 16.5. The van der Waals surface area contributed by atoms with Crippen LogP contribution in [0, 0.1) is 0 Å². The SMILES string of the molecule is O=C1C=CC(=O)OC2(CN(c3ncc(-c4cccs4)[nH]3)C3CCN2CC3)O1. The number of nitrogens with one attached hydrogen (secondary N) is 1. The van der Waals surface area contributed by atoms with Crippen LogP contribution in [0.1, 0.15) is 12.8 Å². The number of fused-ring (bicyclic) bond motifs is 3. The first-order valence-corrected chi connectivity index (χ1v) is 9.75.